The fraction of sp³-hybridized carbons (Fsp3) is 0.208. The molecule has 0 atom stereocenters. The number of rotatable bonds is 7. The van der Waals surface area contributed by atoms with Crippen molar-refractivity contribution < 1.29 is 13.7 Å². The second-order valence-corrected chi connectivity index (χ2v) is 7.01. The fourth-order valence-electron chi connectivity index (χ4n) is 3.52. The van der Waals surface area contributed by atoms with E-state index in [9.17, 15) is 9.18 Å². The van der Waals surface area contributed by atoms with E-state index in [0.29, 0.717) is 43.1 Å². The number of hydrogen-bond donors (Lipinski definition) is 0. The van der Waals surface area contributed by atoms with E-state index in [1.165, 1.54) is 12.1 Å². The highest BCUT2D eigenvalue weighted by Gasteiger charge is 2.17. The Morgan fingerprint density at radius 3 is 2.60 bits per heavy atom. The highest BCUT2D eigenvalue weighted by Crippen LogP contribution is 2.27. The maximum atomic E-state index is 13.1. The van der Waals surface area contributed by atoms with Gasteiger partial charge in [0.05, 0.1) is 5.69 Å². The van der Waals surface area contributed by atoms with Gasteiger partial charge in [0.2, 0.25) is 17.6 Å². The summed E-state index contributed by atoms with van der Waals surface area (Å²) in [6, 6.07) is 20.0. The summed E-state index contributed by atoms with van der Waals surface area (Å²) in [6.07, 6.45) is 1.49. The smallest absolute Gasteiger partial charge is 0.227 e. The highest BCUT2D eigenvalue weighted by atomic mass is 19.1. The molecule has 3 aromatic carbocycles. The van der Waals surface area contributed by atoms with E-state index in [2.05, 4.69) is 10.1 Å². The normalized spacial score (nSPS) is 11.0. The topological polar surface area (TPSA) is 59.2 Å². The van der Waals surface area contributed by atoms with Gasteiger partial charge in [0.15, 0.2) is 0 Å². The molecule has 0 fully saturated rings. The molecular weight excluding hydrogens is 381 g/mol. The Hall–Kier alpha value is -3.54. The van der Waals surface area contributed by atoms with Gasteiger partial charge in [-0.25, -0.2) is 4.39 Å². The molecule has 0 N–H and O–H groups in total. The summed E-state index contributed by atoms with van der Waals surface area (Å²) in [4.78, 5) is 19.1. The standard InChI is InChI=1S/C24H22FN3O2/c1-2-28(21-10-5-8-17-7-3-4-9-20(17)21)23(29)12-6-11-22-26-24(27-30-22)18-13-15-19(25)16-14-18/h3-5,7-10,13-16H,2,6,11-12H2,1H3. The van der Waals surface area contributed by atoms with Crippen molar-refractivity contribution in [3.8, 4) is 11.4 Å². The summed E-state index contributed by atoms with van der Waals surface area (Å²) in [6.45, 7) is 2.58. The molecule has 5 nitrogen and oxygen atoms in total. The van der Waals surface area contributed by atoms with Crippen LogP contribution in [0, 0.1) is 5.82 Å². The van der Waals surface area contributed by atoms with E-state index in [1.807, 2.05) is 54.3 Å². The van der Waals surface area contributed by atoms with Crippen molar-refractivity contribution in [1.82, 2.24) is 10.1 Å². The van der Waals surface area contributed by atoms with Gasteiger partial charge in [-0.2, -0.15) is 4.98 Å². The van der Waals surface area contributed by atoms with Crippen LogP contribution in [-0.4, -0.2) is 22.6 Å². The van der Waals surface area contributed by atoms with Gasteiger partial charge < -0.3 is 9.42 Å². The molecule has 0 saturated carbocycles. The van der Waals surface area contributed by atoms with E-state index in [-0.39, 0.29) is 11.7 Å². The third-order valence-corrected chi connectivity index (χ3v) is 5.03. The maximum Gasteiger partial charge on any atom is 0.227 e. The molecule has 0 unspecified atom stereocenters. The lowest BCUT2D eigenvalue weighted by Gasteiger charge is -2.22. The molecule has 1 heterocycles. The van der Waals surface area contributed by atoms with E-state index in [1.54, 1.807) is 12.1 Å². The van der Waals surface area contributed by atoms with Crippen LogP contribution in [0.25, 0.3) is 22.2 Å². The molecule has 30 heavy (non-hydrogen) atoms. The predicted octanol–water partition coefficient (Wildman–Crippen LogP) is 5.40. The van der Waals surface area contributed by atoms with Crippen molar-refractivity contribution in [2.24, 2.45) is 0 Å². The number of aryl methyl sites for hydroxylation is 1. The third-order valence-electron chi connectivity index (χ3n) is 5.03. The predicted molar refractivity (Wildman–Crippen MR) is 115 cm³/mol. The number of anilines is 1. The van der Waals surface area contributed by atoms with Crippen LogP contribution in [-0.2, 0) is 11.2 Å². The molecule has 6 heteroatoms. The fourth-order valence-corrected chi connectivity index (χ4v) is 3.52. The molecule has 0 radical (unpaired) electrons. The summed E-state index contributed by atoms with van der Waals surface area (Å²) >= 11 is 0. The lowest BCUT2D eigenvalue weighted by Crippen LogP contribution is -2.30. The van der Waals surface area contributed by atoms with Crippen LogP contribution in [0.3, 0.4) is 0 Å². The summed E-state index contributed by atoms with van der Waals surface area (Å²) in [7, 11) is 0. The van der Waals surface area contributed by atoms with Crippen LogP contribution < -0.4 is 4.90 Å². The van der Waals surface area contributed by atoms with Gasteiger partial charge in [0, 0.05) is 30.3 Å². The highest BCUT2D eigenvalue weighted by molar-refractivity contribution is 6.03. The molecule has 1 amide bonds. The third kappa shape index (κ3) is 4.22. The van der Waals surface area contributed by atoms with Crippen molar-refractivity contribution in [3.05, 3.63) is 78.4 Å². The van der Waals surface area contributed by atoms with Gasteiger partial charge >= 0.3 is 0 Å². The Kier molecular flexibility index (Phi) is 5.84. The minimum atomic E-state index is -0.312. The second-order valence-electron chi connectivity index (χ2n) is 7.01. The number of nitrogens with zero attached hydrogens (tertiary/aromatic N) is 3. The van der Waals surface area contributed by atoms with Crippen molar-refractivity contribution >= 4 is 22.4 Å². The number of aromatic nitrogens is 2. The average Bonchev–Trinajstić information content (AvgIpc) is 3.24. The summed E-state index contributed by atoms with van der Waals surface area (Å²) < 4.78 is 18.3. The van der Waals surface area contributed by atoms with Crippen molar-refractivity contribution in [3.63, 3.8) is 0 Å². The molecule has 0 spiro atoms. The SMILES string of the molecule is CCN(C(=O)CCCc1nc(-c2ccc(F)cc2)no1)c1cccc2ccccc12. The first kappa shape index (κ1) is 19.8. The Labute approximate surface area is 174 Å². The summed E-state index contributed by atoms with van der Waals surface area (Å²) in [5, 5.41) is 6.12. The van der Waals surface area contributed by atoms with Gasteiger partial charge in [-0.1, -0.05) is 41.6 Å². The van der Waals surface area contributed by atoms with Crippen LogP contribution >= 0.6 is 0 Å². The number of carbonyl (C=O) groups excluding carboxylic acids is 1. The number of amides is 1. The van der Waals surface area contributed by atoms with E-state index in [0.717, 1.165) is 16.5 Å². The molecule has 0 aliphatic heterocycles. The van der Waals surface area contributed by atoms with Crippen LogP contribution in [0.15, 0.2) is 71.3 Å². The van der Waals surface area contributed by atoms with Crippen LogP contribution in [0.2, 0.25) is 0 Å². The zero-order valence-corrected chi connectivity index (χ0v) is 16.7. The van der Waals surface area contributed by atoms with Gasteiger partial charge in [0.1, 0.15) is 5.82 Å². The Bertz CT molecular complexity index is 1150. The van der Waals surface area contributed by atoms with Crippen LogP contribution in [0.5, 0.6) is 0 Å². The summed E-state index contributed by atoms with van der Waals surface area (Å²) in [5.74, 6) is 0.636. The number of fused-ring (bicyclic) bond motifs is 1. The molecule has 152 valence electrons. The number of hydrogen-bond acceptors (Lipinski definition) is 4. The quantitative estimate of drug-likeness (QED) is 0.414. The second kappa shape index (κ2) is 8.86. The number of halogens is 1. The molecule has 4 rings (SSSR count). The van der Waals surface area contributed by atoms with Gasteiger partial charge in [-0.15, -0.1) is 0 Å². The van der Waals surface area contributed by atoms with E-state index >= 15 is 0 Å². The van der Waals surface area contributed by atoms with Crippen LogP contribution in [0.1, 0.15) is 25.7 Å². The Morgan fingerprint density at radius 2 is 1.80 bits per heavy atom. The lowest BCUT2D eigenvalue weighted by molar-refractivity contribution is -0.118. The lowest BCUT2D eigenvalue weighted by atomic mass is 10.1. The molecular formula is C24H22FN3O2. The minimum Gasteiger partial charge on any atom is -0.339 e. The van der Waals surface area contributed by atoms with Crippen LogP contribution in [0.4, 0.5) is 10.1 Å². The molecule has 4 aromatic rings. The minimum absolute atomic E-state index is 0.0622. The van der Waals surface area contributed by atoms with Crippen molar-refractivity contribution in [2.45, 2.75) is 26.2 Å². The zero-order chi connectivity index (χ0) is 20.9. The first-order chi connectivity index (χ1) is 14.7. The first-order valence-electron chi connectivity index (χ1n) is 10.0. The number of carbonyl (C=O) groups is 1. The van der Waals surface area contributed by atoms with Crippen molar-refractivity contribution in [1.29, 1.82) is 0 Å². The monoisotopic (exact) mass is 403 g/mol. The van der Waals surface area contributed by atoms with Gasteiger partial charge in [-0.05, 0) is 49.1 Å². The molecule has 0 aliphatic rings. The van der Waals surface area contributed by atoms with E-state index in [4.69, 9.17) is 4.52 Å². The molecule has 0 aliphatic carbocycles. The van der Waals surface area contributed by atoms with Gasteiger partial charge in [0.25, 0.3) is 0 Å². The maximum absolute atomic E-state index is 13.1. The summed E-state index contributed by atoms with van der Waals surface area (Å²) in [5.41, 5.74) is 1.62. The molecule has 0 bridgehead atoms. The van der Waals surface area contributed by atoms with Gasteiger partial charge in [-0.3, -0.25) is 4.79 Å². The molecule has 0 saturated heterocycles. The zero-order valence-electron chi connectivity index (χ0n) is 16.7. The van der Waals surface area contributed by atoms with Crippen molar-refractivity contribution in [2.75, 3.05) is 11.4 Å². The largest absolute Gasteiger partial charge is 0.339 e. The first-order valence-corrected chi connectivity index (χ1v) is 10.0. The molecule has 1 aromatic heterocycles. The number of benzene rings is 3. The van der Waals surface area contributed by atoms with E-state index < -0.39 is 0 Å². The average molecular weight is 403 g/mol. The Balaban J connectivity index is 1.40. The Morgan fingerprint density at radius 1 is 1.03 bits per heavy atom.